The molecular formula is C16H15N3O3. The maximum Gasteiger partial charge on any atom is 0.413 e. The van der Waals surface area contributed by atoms with Crippen LogP contribution in [0.4, 0.5) is 22.2 Å². The summed E-state index contributed by atoms with van der Waals surface area (Å²) in [6, 6.07) is 15.3. The minimum Gasteiger partial charge on any atom is -0.452 e. The van der Waals surface area contributed by atoms with Gasteiger partial charge in [-0.25, -0.2) is 4.79 Å². The number of nitrogens with one attached hydrogen (secondary N) is 1. The van der Waals surface area contributed by atoms with E-state index < -0.39 is 6.09 Å². The van der Waals surface area contributed by atoms with Crippen LogP contribution in [-0.4, -0.2) is 25.2 Å². The number of amides is 1. The molecule has 0 saturated heterocycles. The molecule has 6 heteroatoms. The molecular weight excluding hydrogens is 282 g/mol. The summed E-state index contributed by atoms with van der Waals surface area (Å²) in [4.78, 5) is 17.2. The summed E-state index contributed by atoms with van der Waals surface area (Å²) in [5.74, 6) is 0. The van der Waals surface area contributed by atoms with Crippen LogP contribution < -0.4 is 10.2 Å². The molecule has 2 aromatic carbocycles. The summed E-state index contributed by atoms with van der Waals surface area (Å²) in [6.45, 7) is 0. The number of oxazole rings is 1. The second kappa shape index (κ2) is 5.77. The van der Waals surface area contributed by atoms with Gasteiger partial charge in [0.2, 0.25) is 0 Å². The number of aromatic nitrogens is 1. The lowest BCUT2D eigenvalue weighted by atomic mass is 10.2. The number of hydrogen-bond donors (Lipinski definition) is 1. The maximum absolute atomic E-state index is 11.5. The molecule has 6 nitrogen and oxygen atoms in total. The van der Waals surface area contributed by atoms with E-state index in [0.29, 0.717) is 6.01 Å². The summed E-state index contributed by atoms with van der Waals surface area (Å²) >= 11 is 0. The molecule has 0 aliphatic rings. The van der Waals surface area contributed by atoms with Crippen molar-refractivity contribution in [3.05, 3.63) is 48.5 Å². The van der Waals surface area contributed by atoms with Crippen molar-refractivity contribution in [1.29, 1.82) is 0 Å². The molecule has 3 aromatic rings. The van der Waals surface area contributed by atoms with E-state index >= 15 is 0 Å². The first-order valence-electron chi connectivity index (χ1n) is 6.72. The molecule has 0 bridgehead atoms. The van der Waals surface area contributed by atoms with E-state index in [0.717, 1.165) is 22.5 Å². The number of rotatable bonds is 3. The fraction of sp³-hybridized carbons (Fsp3) is 0.125. The number of carbonyl (C=O) groups is 1. The summed E-state index contributed by atoms with van der Waals surface area (Å²) in [5.41, 5.74) is 3.07. The van der Waals surface area contributed by atoms with Gasteiger partial charge in [-0.05, 0) is 36.4 Å². The van der Waals surface area contributed by atoms with Gasteiger partial charge in [-0.2, -0.15) is 4.98 Å². The Labute approximate surface area is 127 Å². The minimum atomic E-state index is -0.417. The van der Waals surface area contributed by atoms with Crippen molar-refractivity contribution in [2.45, 2.75) is 0 Å². The van der Waals surface area contributed by atoms with Gasteiger partial charge in [0.05, 0.1) is 7.11 Å². The van der Waals surface area contributed by atoms with Gasteiger partial charge in [0, 0.05) is 18.4 Å². The third-order valence-electron chi connectivity index (χ3n) is 3.25. The van der Waals surface area contributed by atoms with Crippen LogP contribution in [-0.2, 0) is 4.74 Å². The highest BCUT2D eigenvalue weighted by Gasteiger charge is 2.10. The van der Waals surface area contributed by atoms with Crippen LogP contribution in [0.5, 0.6) is 0 Å². The predicted molar refractivity (Wildman–Crippen MR) is 84.5 cm³/mol. The van der Waals surface area contributed by atoms with Crippen molar-refractivity contribution in [1.82, 2.24) is 4.98 Å². The molecule has 1 heterocycles. The Balaban J connectivity index is 1.77. The van der Waals surface area contributed by atoms with E-state index in [1.54, 1.807) is 7.05 Å². The van der Waals surface area contributed by atoms with E-state index in [4.69, 9.17) is 4.42 Å². The van der Waals surface area contributed by atoms with Gasteiger partial charge in [-0.3, -0.25) is 4.90 Å². The Kier molecular flexibility index (Phi) is 3.65. The second-order valence-electron chi connectivity index (χ2n) is 4.69. The molecule has 0 unspecified atom stereocenters. The molecule has 0 aliphatic carbocycles. The van der Waals surface area contributed by atoms with Crippen molar-refractivity contribution >= 4 is 34.6 Å². The first-order valence-corrected chi connectivity index (χ1v) is 6.72. The van der Waals surface area contributed by atoms with E-state index in [-0.39, 0.29) is 0 Å². The van der Waals surface area contributed by atoms with E-state index in [1.807, 2.05) is 48.5 Å². The highest BCUT2D eigenvalue weighted by molar-refractivity contribution is 5.87. The van der Waals surface area contributed by atoms with Gasteiger partial charge in [-0.15, -0.1) is 0 Å². The quantitative estimate of drug-likeness (QED) is 0.797. The number of benzene rings is 2. The average molecular weight is 297 g/mol. The Bertz CT molecular complexity index is 763. The number of methoxy groups -OCH3 is 1. The van der Waals surface area contributed by atoms with Gasteiger partial charge in [0.15, 0.2) is 5.58 Å². The molecule has 0 aliphatic heterocycles. The molecule has 1 N–H and O–H groups in total. The number of anilines is 3. The number of hydrogen-bond acceptors (Lipinski definition) is 5. The molecule has 0 spiro atoms. The lowest BCUT2D eigenvalue weighted by molar-refractivity contribution is 0.180. The third kappa shape index (κ3) is 2.71. The normalized spacial score (nSPS) is 10.5. The molecule has 3 rings (SSSR count). The lowest BCUT2D eigenvalue weighted by Crippen LogP contribution is -2.25. The van der Waals surface area contributed by atoms with Crippen LogP contribution in [0, 0.1) is 0 Å². The fourth-order valence-electron chi connectivity index (χ4n) is 2.06. The van der Waals surface area contributed by atoms with Crippen LogP contribution in [0.15, 0.2) is 52.9 Å². The zero-order valence-corrected chi connectivity index (χ0v) is 12.2. The zero-order chi connectivity index (χ0) is 15.5. The number of carbonyl (C=O) groups excluding carboxylic acids is 1. The average Bonchev–Trinajstić information content (AvgIpc) is 2.96. The largest absolute Gasteiger partial charge is 0.452 e. The number of nitrogens with zero attached hydrogens (tertiary/aromatic N) is 2. The predicted octanol–water partition coefficient (Wildman–Crippen LogP) is 3.77. The van der Waals surface area contributed by atoms with Crippen LogP contribution in [0.25, 0.3) is 11.1 Å². The summed E-state index contributed by atoms with van der Waals surface area (Å²) in [7, 11) is 3.00. The molecule has 0 atom stereocenters. The van der Waals surface area contributed by atoms with Crippen LogP contribution in [0.1, 0.15) is 0 Å². The van der Waals surface area contributed by atoms with E-state index in [2.05, 4.69) is 15.0 Å². The third-order valence-corrected chi connectivity index (χ3v) is 3.25. The van der Waals surface area contributed by atoms with Crippen LogP contribution >= 0.6 is 0 Å². The first kappa shape index (κ1) is 13.9. The summed E-state index contributed by atoms with van der Waals surface area (Å²) in [6.07, 6.45) is -0.417. The monoisotopic (exact) mass is 297 g/mol. The Morgan fingerprint density at radius 2 is 1.91 bits per heavy atom. The van der Waals surface area contributed by atoms with Gasteiger partial charge in [-0.1, -0.05) is 12.1 Å². The smallest absolute Gasteiger partial charge is 0.413 e. The van der Waals surface area contributed by atoms with Crippen LogP contribution in [0.2, 0.25) is 0 Å². The van der Waals surface area contributed by atoms with Crippen molar-refractivity contribution in [2.24, 2.45) is 0 Å². The number of ether oxygens (including phenoxy) is 1. The molecule has 0 saturated carbocycles. The van der Waals surface area contributed by atoms with Crippen LogP contribution in [0.3, 0.4) is 0 Å². The van der Waals surface area contributed by atoms with Gasteiger partial charge < -0.3 is 14.5 Å². The van der Waals surface area contributed by atoms with Crippen molar-refractivity contribution < 1.29 is 13.9 Å². The Hall–Kier alpha value is -3.02. The van der Waals surface area contributed by atoms with Gasteiger partial charge in [0.25, 0.3) is 6.01 Å². The molecule has 0 radical (unpaired) electrons. The fourth-order valence-corrected chi connectivity index (χ4v) is 2.06. The second-order valence-corrected chi connectivity index (χ2v) is 4.69. The van der Waals surface area contributed by atoms with E-state index in [1.165, 1.54) is 12.0 Å². The standard InChI is InChI=1S/C16H15N3O3/c1-19(16(20)21-2)12-9-7-11(8-10-12)17-15-18-13-5-3-4-6-14(13)22-15/h3-10H,1-2H3,(H,17,18). The Morgan fingerprint density at radius 3 is 2.59 bits per heavy atom. The van der Waals surface area contributed by atoms with E-state index in [9.17, 15) is 4.79 Å². The lowest BCUT2D eigenvalue weighted by Gasteiger charge is -2.15. The summed E-state index contributed by atoms with van der Waals surface area (Å²) in [5, 5.41) is 3.09. The topological polar surface area (TPSA) is 67.6 Å². The summed E-state index contributed by atoms with van der Waals surface area (Å²) < 4.78 is 10.3. The van der Waals surface area contributed by atoms with Gasteiger partial charge in [0.1, 0.15) is 5.52 Å². The first-order chi connectivity index (χ1) is 10.7. The highest BCUT2D eigenvalue weighted by Crippen LogP contribution is 2.23. The van der Waals surface area contributed by atoms with Crippen molar-refractivity contribution in [3.8, 4) is 0 Å². The minimum absolute atomic E-state index is 0.417. The Morgan fingerprint density at radius 1 is 1.18 bits per heavy atom. The van der Waals surface area contributed by atoms with Crippen molar-refractivity contribution in [2.75, 3.05) is 24.4 Å². The number of para-hydroxylation sites is 2. The molecule has 0 fully saturated rings. The molecule has 22 heavy (non-hydrogen) atoms. The molecule has 1 aromatic heterocycles. The number of fused-ring (bicyclic) bond motifs is 1. The highest BCUT2D eigenvalue weighted by atomic mass is 16.5. The molecule has 112 valence electrons. The van der Waals surface area contributed by atoms with Crippen molar-refractivity contribution in [3.63, 3.8) is 0 Å². The molecule has 1 amide bonds. The SMILES string of the molecule is COC(=O)N(C)c1ccc(Nc2nc3ccccc3o2)cc1. The zero-order valence-electron chi connectivity index (χ0n) is 12.2. The maximum atomic E-state index is 11.5. The van der Waals surface area contributed by atoms with Gasteiger partial charge >= 0.3 is 6.09 Å².